The van der Waals surface area contributed by atoms with Crippen LogP contribution in [0, 0.1) is 5.92 Å². The van der Waals surface area contributed by atoms with Crippen molar-refractivity contribution in [2.75, 3.05) is 13.2 Å². The summed E-state index contributed by atoms with van der Waals surface area (Å²) in [7, 11) is 0. The fraction of sp³-hybridized carbons (Fsp3) is 0.350. The van der Waals surface area contributed by atoms with Crippen LogP contribution >= 0.6 is 0 Å². The van der Waals surface area contributed by atoms with Gasteiger partial charge in [-0.3, -0.25) is 4.79 Å². The van der Waals surface area contributed by atoms with E-state index in [0.29, 0.717) is 13.2 Å². The van der Waals surface area contributed by atoms with Crippen molar-refractivity contribution in [3.63, 3.8) is 0 Å². The van der Waals surface area contributed by atoms with Gasteiger partial charge in [-0.1, -0.05) is 54.6 Å². The number of amides is 1. The molecule has 0 aliphatic carbocycles. The van der Waals surface area contributed by atoms with Crippen LogP contribution in [0.5, 0.6) is 0 Å². The normalized spacial score (nSPS) is 16.7. The zero-order chi connectivity index (χ0) is 16.1. The molecule has 0 radical (unpaired) electrons. The van der Waals surface area contributed by atoms with Crippen molar-refractivity contribution in [2.45, 2.75) is 25.8 Å². The van der Waals surface area contributed by atoms with Crippen LogP contribution in [0.4, 0.5) is 0 Å². The molecule has 0 saturated carbocycles. The Kier molecular flexibility index (Phi) is 5.09. The Labute approximate surface area is 137 Å². The van der Waals surface area contributed by atoms with Crippen LogP contribution in [0.15, 0.2) is 54.6 Å². The molecule has 1 amide bonds. The average molecular weight is 309 g/mol. The van der Waals surface area contributed by atoms with E-state index in [1.54, 1.807) is 0 Å². The van der Waals surface area contributed by atoms with Crippen molar-refractivity contribution in [1.82, 2.24) is 5.32 Å². The lowest BCUT2D eigenvalue weighted by Crippen LogP contribution is -2.35. The number of carbonyl (C=O) groups is 1. The number of ether oxygens (including phenoxy) is 1. The van der Waals surface area contributed by atoms with Gasteiger partial charge in [-0.2, -0.15) is 0 Å². The zero-order valence-electron chi connectivity index (χ0n) is 13.5. The van der Waals surface area contributed by atoms with Crippen LogP contribution in [0.1, 0.15) is 31.4 Å². The number of hydrogen-bond donors (Lipinski definition) is 1. The molecule has 1 N–H and O–H groups in total. The quantitative estimate of drug-likeness (QED) is 0.928. The second-order valence-electron chi connectivity index (χ2n) is 6.10. The molecular weight excluding hydrogens is 286 g/mol. The Morgan fingerprint density at radius 2 is 1.61 bits per heavy atom. The first-order valence-electron chi connectivity index (χ1n) is 8.27. The minimum atomic E-state index is 0.0233. The third kappa shape index (κ3) is 3.99. The number of hydrogen-bond acceptors (Lipinski definition) is 2. The molecule has 2 aromatic rings. The van der Waals surface area contributed by atoms with E-state index in [-0.39, 0.29) is 17.9 Å². The van der Waals surface area contributed by atoms with Crippen molar-refractivity contribution in [2.24, 2.45) is 5.92 Å². The molecule has 0 bridgehead atoms. The van der Waals surface area contributed by atoms with Crippen LogP contribution in [0.3, 0.4) is 0 Å². The Bertz CT molecular complexity index is 630. The largest absolute Gasteiger partial charge is 0.381 e. The van der Waals surface area contributed by atoms with E-state index in [2.05, 4.69) is 41.7 Å². The summed E-state index contributed by atoms with van der Waals surface area (Å²) in [5.74, 6) is 0.239. The maximum Gasteiger partial charge on any atom is 0.223 e. The standard InChI is InChI=1S/C20H23NO2/c1-15(21-20(22)19-11-13-23-14-12-19)16-7-9-18(10-8-16)17-5-3-2-4-6-17/h2-10,15,19H,11-14H2,1H3,(H,21,22). The average Bonchev–Trinajstić information content (AvgIpc) is 2.63. The van der Waals surface area contributed by atoms with Crippen molar-refractivity contribution in [3.8, 4) is 11.1 Å². The molecule has 3 heteroatoms. The van der Waals surface area contributed by atoms with Crippen LogP contribution in [-0.4, -0.2) is 19.1 Å². The lowest BCUT2D eigenvalue weighted by Gasteiger charge is -2.23. The van der Waals surface area contributed by atoms with Gasteiger partial charge in [0.1, 0.15) is 0 Å². The molecule has 1 aliphatic heterocycles. The SMILES string of the molecule is CC(NC(=O)C1CCOCC1)c1ccc(-c2ccccc2)cc1. The first kappa shape index (κ1) is 15.8. The molecular formula is C20H23NO2. The van der Waals surface area contributed by atoms with Gasteiger partial charge in [0.2, 0.25) is 5.91 Å². The summed E-state index contributed by atoms with van der Waals surface area (Å²) in [6, 6.07) is 18.7. The molecule has 1 atom stereocenters. The number of rotatable bonds is 4. The number of carbonyl (C=O) groups excluding carboxylic acids is 1. The summed E-state index contributed by atoms with van der Waals surface area (Å²) < 4.78 is 5.31. The minimum Gasteiger partial charge on any atom is -0.381 e. The summed E-state index contributed by atoms with van der Waals surface area (Å²) in [5, 5.41) is 3.13. The van der Waals surface area contributed by atoms with Crippen LogP contribution in [0.2, 0.25) is 0 Å². The lowest BCUT2D eigenvalue weighted by atomic mass is 9.97. The highest BCUT2D eigenvalue weighted by Crippen LogP contribution is 2.22. The van der Waals surface area contributed by atoms with Gasteiger partial charge in [-0.05, 0) is 36.5 Å². The highest BCUT2D eigenvalue weighted by molar-refractivity contribution is 5.79. The monoisotopic (exact) mass is 309 g/mol. The molecule has 1 aliphatic rings. The Morgan fingerprint density at radius 3 is 2.26 bits per heavy atom. The van der Waals surface area contributed by atoms with E-state index >= 15 is 0 Å². The van der Waals surface area contributed by atoms with E-state index in [1.807, 2.05) is 25.1 Å². The minimum absolute atomic E-state index is 0.0233. The lowest BCUT2D eigenvalue weighted by molar-refractivity contribution is -0.128. The molecule has 1 fully saturated rings. The van der Waals surface area contributed by atoms with E-state index < -0.39 is 0 Å². The molecule has 0 aromatic heterocycles. The molecule has 1 unspecified atom stereocenters. The molecule has 0 spiro atoms. The van der Waals surface area contributed by atoms with Crippen molar-refractivity contribution >= 4 is 5.91 Å². The first-order chi connectivity index (χ1) is 11.2. The summed E-state index contributed by atoms with van der Waals surface area (Å²) in [6.07, 6.45) is 1.65. The Morgan fingerprint density at radius 1 is 1.00 bits per heavy atom. The van der Waals surface area contributed by atoms with Crippen molar-refractivity contribution < 1.29 is 9.53 Å². The van der Waals surface area contributed by atoms with Crippen LogP contribution in [0.25, 0.3) is 11.1 Å². The molecule has 3 rings (SSSR count). The van der Waals surface area contributed by atoms with Gasteiger partial charge in [0, 0.05) is 19.1 Å². The van der Waals surface area contributed by atoms with Crippen molar-refractivity contribution in [3.05, 3.63) is 60.2 Å². The topological polar surface area (TPSA) is 38.3 Å². The summed E-state index contributed by atoms with van der Waals surface area (Å²) >= 11 is 0. The second-order valence-corrected chi connectivity index (χ2v) is 6.10. The summed E-state index contributed by atoms with van der Waals surface area (Å²) in [6.45, 7) is 3.42. The third-order valence-electron chi connectivity index (χ3n) is 4.47. The van der Waals surface area contributed by atoms with Gasteiger partial charge < -0.3 is 10.1 Å². The Hall–Kier alpha value is -2.13. The smallest absolute Gasteiger partial charge is 0.223 e. The molecule has 1 heterocycles. The fourth-order valence-electron chi connectivity index (χ4n) is 2.97. The number of benzene rings is 2. The van der Waals surface area contributed by atoms with E-state index in [1.165, 1.54) is 11.1 Å². The summed E-state index contributed by atoms with van der Waals surface area (Å²) in [4.78, 5) is 12.3. The Balaban J connectivity index is 1.63. The maximum atomic E-state index is 12.3. The maximum absolute atomic E-state index is 12.3. The molecule has 2 aromatic carbocycles. The van der Waals surface area contributed by atoms with Gasteiger partial charge in [-0.25, -0.2) is 0 Å². The van der Waals surface area contributed by atoms with Gasteiger partial charge in [-0.15, -0.1) is 0 Å². The van der Waals surface area contributed by atoms with E-state index in [0.717, 1.165) is 18.4 Å². The predicted molar refractivity (Wildman–Crippen MR) is 92.0 cm³/mol. The summed E-state index contributed by atoms with van der Waals surface area (Å²) in [5.41, 5.74) is 3.53. The highest BCUT2D eigenvalue weighted by Gasteiger charge is 2.22. The van der Waals surface area contributed by atoms with E-state index in [4.69, 9.17) is 4.74 Å². The second kappa shape index (κ2) is 7.42. The fourth-order valence-corrected chi connectivity index (χ4v) is 2.97. The molecule has 3 nitrogen and oxygen atoms in total. The van der Waals surface area contributed by atoms with Gasteiger partial charge in [0.15, 0.2) is 0 Å². The molecule has 23 heavy (non-hydrogen) atoms. The molecule has 120 valence electrons. The van der Waals surface area contributed by atoms with E-state index in [9.17, 15) is 4.79 Å². The third-order valence-corrected chi connectivity index (χ3v) is 4.47. The molecule has 1 saturated heterocycles. The zero-order valence-corrected chi connectivity index (χ0v) is 13.5. The first-order valence-corrected chi connectivity index (χ1v) is 8.27. The van der Waals surface area contributed by atoms with Gasteiger partial charge in [0.05, 0.1) is 6.04 Å². The van der Waals surface area contributed by atoms with Crippen molar-refractivity contribution in [1.29, 1.82) is 0 Å². The van der Waals surface area contributed by atoms with Gasteiger partial charge >= 0.3 is 0 Å². The van der Waals surface area contributed by atoms with Gasteiger partial charge in [0.25, 0.3) is 0 Å². The predicted octanol–water partition coefficient (Wildman–Crippen LogP) is 3.96. The highest BCUT2D eigenvalue weighted by atomic mass is 16.5. The number of nitrogens with one attached hydrogen (secondary N) is 1. The van der Waals surface area contributed by atoms with Crippen LogP contribution in [-0.2, 0) is 9.53 Å². The van der Waals surface area contributed by atoms with Crippen LogP contribution < -0.4 is 5.32 Å².